The lowest BCUT2D eigenvalue weighted by molar-refractivity contribution is -0.111. The number of nitrogens with one attached hydrogen (secondary N) is 2. The fourth-order valence-electron chi connectivity index (χ4n) is 6.02. The highest BCUT2D eigenvalue weighted by molar-refractivity contribution is 6.02. The van der Waals surface area contributed by atoms with Gasteiger partial charge in [0.1, 0.15) is 24.2 Å². The molecule has 13 nitrogen and oxygen atoms in total. The van der Waals surface area contributed by atoms with Gasteiger partial charge in [-0.25, -0.2) is 24.5 Å². The third kappa shape index (κ3) is 6.30. The number of likely N-dealkylation sites (N-methyl/N-ethyl adjacent to an activating group) is 1. The van der Waals surface area contributed by atoms with Crippen LogP contribution in [-0.2, 0) is 9.63 Å². The molecule has 13 heteroatoms. The predicted molar refractivity (Wildman–Crippen MR) is 181 cm³/mol. The SMILES string of the molecule is C=CC(=O)Nc1cc(Nc2cc(N3OCCC3c3cccc(-c4ccn5ncnc5c4)c3)ncn2)c(OC)cc1N1CCN(C)CC1. The first kappa shape index (κ1) is 30.1. The number of benzene rings is 2. The van der Waals surface area contributed by atoms with Crippen molar-refractivity contribution in [2.45, 2.75) is 12.5 Å². The number of carbonyl (C=O) groups excluding carboxylic acids is 1. The molecule has 0 spiro atoms. The van der Waals surface area contributed by atoms with E-state index in [0.29, 0.717) is 35.4 Å². The molecular formula is C34H36N10O3. The lowest BCUT2D eigenvalue weighted by Crippen LogP contribution is -2.44. The fourth-order valence-corrected chi connectivity index (χ4v) is 6.02. The third-order valence-electron chi connectivity index (χ3n) is 8.54. The summed E-state index contributed by atoms with van der Waals surface area (Å²) in [5, 5.41) is 12.4. The quantitative estimate of drug-likeness (QED) is 0.220. The van der Waals surface area contributed by atoms with Crippen molar-refractivity contribution in [1.29, 1.82) is 0 Å². The Hall–Kier alpha value is -5.53. The summed E-state index contributed by atoms with van der Waals surface area (Å²) in [7, 11) is 3.73. The zero-order chi connectivity index (χ0) is 32.3. The topological polar surface area (TPSA) is 125 Å². The molecule has 0 bridgehead atoms. The number of aromatic nitrogens is 5. The molecule has 240 valence electrons. The Kier molecular flexibility index (Phi) is 8.38. The molecule has 47 heavy (non-hydrogen) atoms. The number of hydrogen-bond donors (Lipinski definition) is 2. The highest BCUT2D eigenvalue weighted by Crippen LogP contribution is 2.40. The zero-order valence-electron chi connectivity index (χ0n) is 26.3. The van der Waals surface area contributed by atoms with Crippen molar-refractivity contribution < 1.29 is 14.4 Å². The average Bonchev–Trinajstić information content (AvgIpc) is 3.79. The van der Waals surface area contributed by atoms with Gasteiger partial charge in [0, 0.05) is 50.9 Å². The summed E-state index contributed by atoms with van der Waals surface area (Å²) in [6.45, 7) is 7.68. The molecule has 3 aromatic heterocycles. The van der Waals surface area contributed by atoms with Crippen LogP contribution in [-0.4, -0.2) is 82.3 Å². The van der Waals surface area contributed by atoms with Crippen molar-refractivity contribution >= 4 is 40.3 Å². The van der Waals surface area contributed by atoms with Gasteiger partial charge in [0.05, 0.1) is 36.8 Å². The molecule has 0 aliphatic carbocycles. The maximum atomic E-state index is 12.4. The van der Waals surface area contributed by atoms with E-state index in [4.69, 9.17) is 9.57 Å². The number of nitrogens with zero attached hydrogens (tertiary/aromatic N) is 8. The number of pyridine rings is 1. The molecule has 1 unspecified atom stereocenters. The van der Waals surface area contributed by atoms with Crippen LogP contribution in [0.4, 0.5) is 28.7 Å². The molecule has 2 aliphatic rings. The Balaban J connectivity index is 1.15. The van der Waals surface area contributed by atoms with Gasteiger partial charge in [0.15, 0.2) is 11.5 Å². The van der Waals surface area contributed by atoms with Gasteiger partial charge in [-0.05, 0) is 54.1 Å². The molecule has 2 fully saturated rings. The van der Waals surface area contributed by atoms with Gasteiger partial charge in [0.25, 0.3) is 0 Å². The Morgan fingerprint density at radius 3 is 2.68 bits per heavy atom. The van der Waals surface area contributed by atoms with Crippen LogP contribution in [0.15, 0.2) is 86.1 Å². The van der Waals surface area contributed by atoms with E-state index in [1.165, 1.54) is 12.4 Å². The molecule has 2 aliphatic heterocycles. The third-order valence-corrected chi connectivity index (χ3v) is 8.54. The number of rotatable bonds is 9. The number of anilines is 5. The van der Waals surface area contributed by atoms with E-state index in [9.17, 15) is 4.79 Å². The van der Waals surface area contributed by atoms with Crippen molar-refractivity contribution in [3.63, 3.8) is 0 Å². The van der Waals surface area contributed by atoms with Crippen molar-refractivity contribution in [3.8, 4) is 16.9 Å². The van der Waals surface area contributed by atoms with Crippen LogP contribution in [0.2, 0.25) is 0 Å². The van der Waals surface area contributed by atoms with Gasteiger partial charge >= 0.3 is 0 Å². The summed E-state index contributed by atoms with van der Waals surface area (Å²) < 4.78 is 7.55. The monoisotopic (exact) mass is 632 g/mol. The maximum absolute atomic E-state index is 12.4. The van der Waals surface area contributed by atoms with Crippen molar-refractivity contribution in [2.75, 3.05) is 67.5 Å². The first-order chi connectivity index (χ1) is 23.0. The van der Waals surface area contributed by atoms with E-state index in [2.05, 4.69) is 78.4 Å². The zero-order valence-corrected chi connectivity index (χ0v) is 26.3. The van der Waals surface area contributed by atoms with Gasteiger partial charge in [-0.15, -0.1) is 0 Å². The van der Waals surface area contributed by atoms with Crippen molar-refractivity contribution in [1.82, 2.24) is 29.5 Å². The first-order valence-corrected chi connectivity index (χ1v) is 15.5. The normalized spacial score (nSPS) is 16.8. The minimum absolute atomic E-state index is 0.0485. The first-order valence-electron chi connectivity index (χ1n) is 15.5. The van der Waals surface area contributed by atoms with Crippen LogP contribution in [0, 0.1) is 0 Å². The van der Waals surface area contributed by atoms with E-state index in [0.717, 1.165) is 60.6 Å². The Morgan fingerprint density at radius 2 is 1.85 bits per heavy atom. The number of fused-ring (bicyclic) bond motifs is 1. The summed E-state index contributed by atoms with van der Waals surface area (Å²) in [5.74, 6) is 1.49. The summed E-state index contributed by atoms with van der Waals surface area (Å²) in [5.41, 5.74) is 6.22. The largest absolute Gasteiger partial charge is 0.494 e. The predicted octanol–water partition coefficient (Wildman–Crippen LogP) is 4.70. The number of carbonyl (C=O) groups is 1. The Morgan fingerprint density at radius 1 is 1.00 bits per heavy atom. The van der Waals surface area contributed by atoms with Gasteiger partial charge in [-0.3, -0.25) is 9.63 Å². The van der Waals surface area contributed by atoms with E-state index in [-0.39, 0.29) is 11.9 Å². The number of hydrogen-bond acceptors (Lipinski definition) is 11. The van der Waals surface area contributed by atoms with Crippen molar-refractivity contribution in [2.24, 2.45) is 0 Å². The van der Waals surface area contributed by atoms with E-state index in [1.807, 2.05) is 41.6 Å². The molecule has 7 rings (SSSR count). The van der Waals surface area contributed by atoms with Crippen LogP contribution in [0.3, 0.4) is 0 Å². The minimum Gasteiger partial charge on any atom is -0.494 e. The molecule has 2 saturated heterocycles. The van der Waals surface area contributed by atoms with E-state index < -0.39 is 0 Å². The maximum Gasteiger partial charge on any atom is 0.247 e. The summed E-state index contributed by atoms with van der Waals surface area (Å²) >= 11 is 0. The Labute approximate surface area is 272 Å². The van der Waals surface area contributed by atoms with Gasteiger partial charge in [-0.2, -0.15) is 5.10 Å². The molecule has 5 aromatic rings. The number of ether oxygens (including phenoxy) is 1. The number of piperazine rings is 1. The van der Waals surface area contributed by atoms with Crippen LogP contribution in [0.1, 0.15) is 18.0 Å². The number of methoxy groups -OCH3 is 1. The smallest absolute Gasteiger partial charge is 0.247 e. The summed E-state index contributed by atoms with van der Waals surface area (Å²) in [4.78, 5) is 36.4. The van der Waals surface area contributed by atoms with Crippen LogP contribution >= 0.6 is 0 Å². The lowest BCUT2D eigenvalue weighted by Gasteiger charge is -2.35. The number of hydroxylamine groups is 1. The van der Waals surface area contributed by atoms with Crippen molar-refractivity contribution in [3.05, 3.63) is 91.7 Å². The second kappa shape index (κ2) is 13.1. The lowest BCUT2D eigenvalue weighted by atomic mass is 9.98. The molecule has 2 N–H and O–H groups in total. The molecule has 0 radical (unpaired) electrons. The molecule has 1 amide bonds. The second-order valence-electron chi connectivity index (χ2n) is 11.5. The summed E-state index contributed by atoms with van der Waals surface area (Å²) in [6.07, 6.45) is 7.03. The highest BCUT2D eigenvalue weighted by atomic mass is 16.7. The molecule has 5 heterocycles. The van der Waals surface area contributed by atoms with Gasteiger partial charge in [-0.1, -0.05) is 24.8 Å². The minimum atomic E-state index is -0.291. The van der Waals surface area contributed by atoms with Crippen LogP contribution < -0.4 is 25.3 Å². The van der Waals surface area contributed by atoms with Gasteiger partial charge < -0.3 is 25.2 Å². The fraction of sp³-hybridized carbons (Fsp3) is 0.265. The molecule has 0 saturated carbocycles. The summed E-state index contributed by atoms with van der Waals surface area (Å²) in [6, 6.07) is 18.1. The number of amides is 1. The standard InChI is InChI=1S/C34H36N10O3/c1-4-34(45)40-26-18-27(30(46-3)19-29(26)42-13-11-41(2)12-14-42)39-31-20-33(36-21-35-31)44-28(9-15-47-44)25-7-5-6-23(16-25)24-8-10-43-32(17-24)37-22-38-43/h4-8,10,16-22,28H,1,9,11-15H2,2-3H3,(H,40,45)(H,35,36,39). The molecule has 1 atom stereocenters. The Bertz CT molecular complexity index is 1920. The van der Waals surface area contributed by atoms with E-state index in [1.54, 1.807) is 18.0 Å². The molecular weight excluding hydrogens is 596 g/mol. The van der Waals surface area contributed by atoms with Gasteiger partial charge in [0.2, 0.25) is 5.91 Å². The second-order valence-corrected chi connectivity index (χ2v) is 11.5. The van der Waals surface area contributed by atoms with E-state index >= 15 is 0 Å². The van der Waals surface area contributed by atoms with Crippen LogP contribution in [0.25, 0.3) is 16.8 Å². The van der Waals surface area contributed by atoms with Crippen LogP contribution in [0.5, 0.6) is 5.75 Å². The average molecular weight is 633 g/mol. The molecule has 2 aromatic carbocycles. The highest BCUT2D eigenvalue weighted by Gasteiger charge is 2.30.